The fraction of sp³-hybridized carbons (Fsp3) is 0.922. The van der Waals surface area contributed by atoms with Crippen molar-refractivity contribution in [1.29, 1.82) is 0 Å². The second-order valence-corrected chi connectivity index (χ2v) is 18.6. The molecule has 10 unspecified atom stereocenters. The number of nitrogens with zero attached hydrogens (tertiary/aromatic N) is 9. The van der Waals surface area contributed by atoms with Crippen molar-refractivity contribution in [1.82, 2.24) is 5.32 Å². The Morgan fingerprint density at radius 1 is 0.419 bits per heavy atom. The highest BCUT2D eigenvalue weighted by atomic mass is 16.7. The molecule has 2 saturated heterocycles. The van der Waals surface area contributed by atoms with Crippen LogP contribution in [0.15, 0.2) is 15.8 Å². The van der Waals surface area contributed by atoms with Gasteiger partial charge in [-0.15, -0.1) is 0 Å². The van der Waals surface area contributed by atoms with Crippen LogP contribution in [0.1, 0.15) is 60.3 Å². The quantitative estimate of drug-likeness (QED) is 0.0173. The third-order valence-electron chi connectivity index (χ3n) is 12.2. The summed E-state index contributed by atoms with van der Waals surface area (Å²) in [5.74, 6) is -3.25. The van der Waals surface area contributed by atoms with Crippen LogP contribution in [0.4, 0.5) is 0 Å². The van der Waals surface area contributed by atoms with Gasteiger partial charge in [0.15, 0.2) is 18.5 Å². The molecule has 35 nitrogen and oxygen atoms in total. The van der Waals surface area contributed by atoms with E-state index in [9.17, 15) is 19.2 Å². The number of carbonyl (C=O) groups is 4. The number of ether oxygens (including phenoxy) is 18. The lowest BCUT2D eigenvalue weighted by molar-refractivity contribution is -0.325. The minimum atomic E-state index is -1.34. The first-order valence-electron chi connectivity index (χ1n) is 28.6. The zero-order valence-electron chi connectivity index (χ0n) is 50.1. The fourth-order valence-corrected chi connectivity index (χ4v) is 8.72. The van der Waals surface area contributed by atoms with E-state index in [0.29, 0.717) is 112 Å². The van der Waals surface area contributed by atoms with E-state index in [0.717, 1.165) is 0 Å². The minimum Gasteiger partial charge on any atom is -0.463 e. The molecule has 2 heterocycles. The van der Waals surface area contributed by atoms with Crippen LogP contribution in [0.25, 0.3) is 31.3 Å². The Morgan fingerprint density at radius 3 is 1.15 bits per heavy atom. The van der Waals surface area contributed by atoms with E-state index in [4.69, 9.17) is 102 Å². The summed E-state index contributed by atoms with van der Waals surface area (Å²) in [7, 11) is 0. The minimum absolute atomic E-state index is 0.118. The summed E-state index contributed by atoms with van der Waals surface area (Å²) in [5.41, 5.74) is 24.8. The zero-order valence-corrected chi connectivity index (χ0v) is 50.1. The van der Waals surface area contributed by atoms with Gasteiger partial charge in [0.25, 0.3) is 0 Å². The first-order chi connectivity index (χ1) is 41.9. The molecule has 2 aliphatic rings. The molecule has 0 aromatic heterocycles. The van der Waals surface area contributed by atoms with Crippen LogP contribution in [0, 0.1) is 11.8 Å². The molecule has 0 saturated carbocycles. The topological polar surface area (TPSA) is 420 Å². The van der Waals surface area contributed by atoms with E-state index in [1.807, 2.05) is 0 Å². The van der Waals surface area contributed by atoms with Gasteiger partial charge in [0.1, 0.15) is 54.5 Å². The lowest BCUT2D eigenvalue weighted by atomic mass is 9.75. The van der Waals surface area contributed by atoms with E-state index in [1.165, 1.54) is 27.7 Å². The van der Waals surface area contributed by atoms with Crippen molar-refractivity contribution in [3.8, 4) is 0 Å². The molecule has 0 spiro atoms. The number of azide groups is 3. The number of amides is 1. The molecule has 0 radical (unpaired) electrons. The molecule has 1 N–H and O–H groups in total. The van der Waals surface area contributed by atoms with Crippen LogP contribution in [0.2, 0.25) is 0 Å². The molecule has 10 atom stereocenters. The average Bonchev–Trinajstić information content (AvgIpc) is 1.12. The Morgan fingerprint density at radius 2 is 0.779 bits per heavy atom. The number of esters is 3. The molecule has 494 valence electrons. The van der Waals surface area contributed by atoms with Crippen molar-refractivity contribution >= 4 is 23.8 Å². The van der Waals surface area contributed by atoms with Crippen LogP contribution in [0.5, 0.6) is 0 Å². The summed E-state index contributed by atoms with van der Waals surface area (Å²) in [6.07, 6.45) is -5.64. The van der Waals surface area contributed by atoms with Gasteiger partial charge in [-0.05, 0) is 55.1 Å². The van der Waals surface area contributed by atoms with Crippen molar-refractivity contribution in [2.24, 2.45) is 27.7 Å². The predicted octanol–water partition coefficient (Wildman–Crippen LogP) is 3.53. The second kappa shape index (κ2) is 52.7. The Labute approximate surface area is 500 Å². The van der Waals surface area contributed by atoms with Crippen molar-refractivity contribution in [2.45, 2.75) is 109 Å². The van der Waals surface area contributed by atoms with Gasteiger partial charge in [-0.1, -0.05) is 0 Å². The van der Waals surface area contributed by atoms with E-state index >= 15 is 0 Å². The summed E-state index contributed by atoms with van der Waals surface area (Å²) in [6.45, 7) is 13.6. The largest absolute Gasteiger partial charge is 0.463 e. The molecule has 0 bridgehead atoms. The summed E-state index contributed by atoms with van der Waals surface area (Å²) >= 11 is 0. The van der Waals surface area contributed by atoms with Crippen LogP contribution in [-0.4, -0.2) is 258 Å². The molecule has 2 fully saturated rings. The predicted molar refractivity (Wildman–Crippen MR) is 294 cm³/mol. The van der Waals surface area contributed by atoms with Crippen molar-refractivity contribution in [3.63, 3.8) is 0 Å². The smallest absolute Gasteiger partial charge is 0.303 e. The number of carbonyl (C=O) groups excluding carboxylic acids is 4. The fourth-order valence-electron chi connectivity index (χ4n) is 8.72. The second-order valence-electron chi connectivity index (χ2n) is 18.6. The van der Waals surface area contributed by atoms with Crippen molar-refractivity contribution in [2.75, 3.05) is 185 Å². The maximum Gasteiger partial charge on any atom is 0.303 e. The SMILES string of the molecule is CC(=O)NC1C(C)OC(COC(C)=O)C(OC2OC(CCCOCCOCCOCCOCCON=[N+]=[N-])C(CCOCCOCCOCCOCCON=[N+]=[N-])C(CCOCCOCCOCCOCCON=[N+]=[N-])C2OC(C)=O)C1OC(C)=O. The van der Waals surface area contributed by atoms with Gasteiger partial charge in [-0.25, -0.2) is 0 Å². The summed E-state index contributed by atoms with van der Waals surface area (Å²) in [5, 5.41) is 11.7. The molecule has 0 aliphatic carbocycles. The lowest BCUT2D eigenvalue weighted by Crippen LogP contribution is -2.67. The summed E-state index contributed by atoms with van der Waals surface area (Å²) in [4.78, 5) is 72.2. The lowest BCUT2D eigenvalue weighted by Gasteiger charge is -2.50. The highest BCUT2D eigenvalue weighted by molar-refractivity contribution is 5.73. The average molecular weight is 1240 g/mol. The molecule has 2 rings (SSSR count). The number of hydrogen-bond acceptors (Lipinski definition) is 28. The molecule has 86 heavy (non-hydrogen) atoms. The van der Waals surface area contributed by atoms with E-state index in [1.54, 1.807) is 6.92 Å². The third kappa shape index (κ3) is 38.7. The summed E-state index contributed by atoms with van der Waals surface area (Å²) < 4.78 is 106. The normalized spacial score (nSPS) is 21.6. The maximum absolute atomic E-state index is 13.2. The highest BCUT2D eigenvalue weighted by Crippen LogP contribution is 2.41. The van der Waals surface area contributed by atoms with Crippen molar-refractivity contribution in [3.05, 3.63) is 31.3 Å². The number of nitrogens with one attached hydrogen (secondary N) is 1. The maximum atomic E-state index is 13.2. The third-order valence-corrected chi connectivity index (χ3v) is 12.2. The van der Waals surface area contributed by atoms with Crippen molar-refractivity contribution < 1.29 is 119 Å². The number of rotatable bonds is 56. The zero-order chi connectivity index (χ0) is 62.5. The Balaban J connectivity index is 2.29. The van der Waals surface area contributed by atoms with Gasteiger partial charge in [0.05, 0.1) is 157 Å². The molecule has 35 heteroatoms. The first-order valence-corrected chi connectivity index (χ1v) is 28.6. The molecule has 0 aromatic rings. The van der Waals surface area contributed by atoms with Gasteiger partial charge >= 0.3 is 17.9 Å². The molecular formula is C51H90N10O25. The monoisotopic (exact) mass is 1240 g/mol. The summed E-state index contributed by atoms with van der Waals surface area (Å²) in [6, 6.07) is -0.932. The molecule has 2 aliphatic heterocycles. The number of hydrogen-bond donors (Lipinski definition) is 1. The molecular weight excluding hydrogens is 1150 g/mol. The van der Waals surface area contributed by atoms with Gasteiger partial charge in [-0.3, -0.25) is 19.2 Å². The van der Waals surface area contributed by atoms with Crippen LogP contribution < -0.4 is 5.32 Å². The van der Waals surface area contributed by atoms with Gasteiger partial charge in [-0.2, -0.15) is 0 Å². The molecule has 0 aromatic carbocycles. The van der Waals surface area contributed by atoms with E-state index in [2.05, 4.69) is 50.4 Å². The first kappa shape index (κ1) is 76.7. The van der Waals surface area contributed by atoms with Crippen LogP contribution in [-0.2, 0) is 119 Å². The molecule has 1 amide bonds. The van der Waals surface area contributed by atoms with Crippen LogP contribution >= 0.6 is 0 Å². The van der Waals surface area contributed by atoms with Gasteiger partial charge < -0.3 is 105 Å². The highest BCUT2D eigenvalue weighted by Gasteiger charge is 2.53. The Kier molecular flexibility index (Phi) is 47.0. The Hall–Kier alpha value is -5.39. The van der Waals surface area contributed by atoms with Gasteiger partial charge in [0, 0.05) is 68.2 Å². The van der Waals surface area contributed by atoms with Crippen LogP contribution in [0.3, 0.4) is 0 Å². The van der Waals surface area contributed by atoms with E-state index in [-0.39, 0.29) is 105 Å². The standard InChI is InChI=1S/C51H90N10O25/c1-38-47(55-39(2)62)50(84-42(5)65)49(46(82-38)37-78-40(3)63)86-51-48(83-41(4)64)44(9-12-68-15-18-71-21-24-74-27-30-77-33-36-81-61-58-54)43(8-11-67-14-17-70-20-23-73-26-29-76-32-35-80-60-57-53)45(85-51)7-6-10-66-13-16-69-19-22-72-25-28-75-31-34-79-59-56-52/h38,43-51H,6-37H2,1-5H3,(H,55,62). The van der Waals surface area contributed by atoms with Gasteiger partial charge in [0.2, 0.25) is 5.91 Å². The Bertz CT molecular complexity index is 1930. The van der Waals surface area contributed by atoms with E-state index < -0.39 is 78.7 Å².